The second-order valence-corrected chi connectivity index (χ2v) is 11.8. The molecule has 0 bridgehead atoms. The second kappa shape index (κ2) is 9.05. The monoisotopic (exact) mass is 480 g/mol. The number of hydrogen-bond donors (Lipinski definition) is 0. The normalized spacial score (nSPS) is 20.5. The van der Waals surface area contributed by atoms with Gasteiger partial charge in [0.1, 0.15) is 11.6 Å². The van der Waals surface area contributed by atoms with Gasteiger partial charge in [-0.2, -0.15) is 4.37 Å². The lowest BCUT2D eigenvalue weighted by Gasteiger charge is -2.36. The first-order chi connectivity index (χ1) is 15.1. The quantitative estimate of drug-likeness (QED) is 0.631. The zero-order valence-corrected chi connectivity index (χ0v) is 20.3. The molecule has 2 fully saturated rings. The van der Waals surface area contributed by atoms with Gasteiger partial charge in [-0.1, -0.05) is 19.9 Å². The van der Waals surface area contributed by atoms with Crippen molar-refractivity contribution in [3.05, 3.63) is 35.4 Å². The Bertz CT molecular complexity index is 1090. The number of sulfone groups is 1. The number of amides is 1. The Hall–Kier alpha value is -2.07. The molecule has 0 N–H and O–H groups in total. The van der Waals surface area contributed by atoms with E-state index in [4.69, 9.17) is 0 Å². The summed E-state index contributed by atoms with van der Waals surface area (Å²) in [6, 6.07) is 4.15. The third-order valence-corrected chi connectivity index (χ3v) is 8.29. The van der Waals surface area contributed by atoms with E-state index in [1.165, 1.54) is 23.7 Å². The Morgan fingerprint density at radius 3 is 2.50 bits per heavy atom. The smallest absolute Gasteiger partial charge is 0.226 e. The lowest BCUT2D eigenvalue weighted by atomic mass is 9.97. The average Bonchev–Trinajstić information content (AvgIpc) is 3.37. The fourth-order valence-corrected chi connectivity index (χ4v) is 5.95. The van der Waals surface area contributed by atoms with Crippen LogP contribution in [0.5, 0.6) is 0 Å². The summed E-state index contributed by atoms with van der Waals surface area (Å²) in [4.78, 5) is 21.9. The molecule has 2 aliphatic rings. The molecule has 1 amide bonds. The van der Waals surface area contributed by atoms with Crippen LogP contribution in [0.2, 0.25) is 0 Å². The first-order valence-corrected chi connectivity index (χ1v) is 13.7. The van der Waals surface area contributed by atoms with Crippen LogP contribution < -0.4 is 4.90 Å². The van der Waals surface area contributed by atoms with E-state index >= 15 is 0 Å². The summed E-state index contributed by atoms with van der Waals surface area (Å²) in [5, 5.41) is 0.950. The molecule has 0 saturated carbocycles. The Balaban J connectivity index is 1.35. The fraction of sp³-hybridized carbons (Fsp3) is 0.591. The Morgan fingerprint density at radius 2 is 1.91 bits per heavy atom. The number of anilines is 1. The molecule has 10 heteroatoms. The van der Waals surface area contributed by atoms with Crippen molar-refractivity contribution in [2.45, 2.75) is 56.4 Å². The highest BCUT2D eigenvalue weighted by atomic mass is 32.2. The molecule has 1 atom stereocenters. The van der Waals surface area contributed by atoms with Gasteiger partial charge >= 0.3 is 0 Å². The minimum atomic E-state index is -3.46. The molecule has 32 heavy (non-hydrogen) atoms. The van der Waals surface area contributed by atoms with Crippen LogP contribution in [0, 0.1) is 11.7 Å². The van der Waals surface area contributed by atoms with Gasteiger partial charge in [-0.25, -0.2) is 17.8 Å². The summed E-state index contributed by atoms with van der Waals surface area (Å²) in [6.45, 7) is 6.53. The molecule has 2 aliphatic heterocycles. The van der Waals surface area contributed by atoms with Crippen molar-refractivity contribution >= 4 is 32.4 Å². The lowest BCUT2D eigenvalue weighted by molar-refractivity contribution is -0.133. The molecule has 4 rings (SSSR count). The van der Waals surface area contributed by atoms with Crippen LogP contribution in [0.1, 0.15) is 50.4 Å². The summed E-state index contributed by atoms with van der Waals surface area (Å²) < 4.78 is 42.1. The van der Waals surface area contributed by atoms with E-state index in [2.05, 4.69) is 28.1 Å². The van der Waals surface area contributed by atoms with Gasteiger partial charge in [0, 0.05) is 55.3 Å². The Morgan fingerprint density at radius 1 is 1.19 bits per heavy atom. The molecule has 1 aromatic heterocycles. The number of rotatable bonds is 6. The van der Waals surface area contributed by atoms with Crippen molar-refractivity contribution in [1.82, 2.24) is 14.3 Å². The Labute approximate surface area is 192 Å². The highest BCUT2D eigenvalue weighted by molar-refractivity contribution is 7.90. The number of nitrogens with zero attached hydrogens (tertiary/aromatic N) is 4. The van der Waals surface area contributed by atoms with Gasteiger partial charge in [0.05, 0.1) is 4.90 Å². The predicted octanol–water partition coefficient (Wildman–Crippen LogP) is 3.26. The van der Waals surface area contributed by atoms with Gasteiger partial charge in [-0.05, 0) is 43.4 Å². The van der Waals surface area contributed by atoms with E-state index < -0.39 is 15.7 Å². The van der Waals surface area contributed by atoms with Crippen molar-refractivity contribution in [2.24, 2.45) is 5.92 Å². The largest absolute Gasteiger partial charge is 0.347 e. The minimum Gasteiger partial charge on any atom is -0.347 e. The summed E-state index contributed by atoms with van der Waals surface area (Å²) in [6.07, 6.45) is 3.81. The molecule has 174 valence electrons. The number of aromatic nitrogens is 2. The maximum atomic E-state index is 14.5. The van der Waals surface area contributed by atoms with Crippen LogP contribution in [-0.2, 0) is 21.1 Å². The standard InChI is InChI=1S/C22H29FN4O3S2/c1-14(2)20-24-22(31-25-20)26-9-7-17(8-10-26)27-11-6-16(21(27)28)12-15-4-5-18(13-19(15)23)32(3,29)30/h4-5,13-14,16-17H,6-12H2,1-3H3/t16-/m1/s1. The maximum Gasteiger partial charge on any atom is 0.226 e. The molecule has 1 aromatic carbocycles. The van der Waals surface area contributed by atoms with Crippen LogP contribution in [0.3, 0.4) is 0 Å². The van der Waals surface area contributed by atoms with Crippen molar-refractivity contribution in [3.8, 4) is 0 Å². The van der Waals surface area contributed by atoms with Crippen LogP contribution in [0.4, 0.5) is 9.52 Å². The number of likely N-dealkylation sites (tertiary alicyclic amines) is 1. The summed E-state index contributed by atoms with van der Waals surface area (Å²) >= 11 is 1.43. The summed E-state index contributed by atoms with van der Waals surface area (Å²) in [5.74, 6) is 0.437. The van der Waals surface area contributed by atoms with E-state index in [-0.39, 0.29) is 22.8 Å². The molecule has 0 unspecified atom stereocenters. The van der Waals surface area contributed by atoms with Crippen molar-refractivity contribution in [3.63, 3.8) is 0 Å². The average molecular weight is 481 g/mol. The summed E-state index contributed by atoms with van der Waals surface area (Å²) in [7, 11) is -3.46. The number of benzene rings is 1. The van der Waals surface area contributed by atoms with E-state index in [9.17, 15) is 17.6 Å². The van der Waals surface area contributed by atoms with Gasteiger partial charge in [-0.3, -0.25) is 4.79 Å². The number of carbonyl (C=O) groups excluding carboxylic acids is 1. The molecule has 0 radical (unpaired) electrons. The molecule has 0 spiro atoms. The third-order valence-electron chi connectivity index (χ3n) is 6.39. The van der Waals surface area contributed by atoms with Crippen LogP contribution >= 0.6 is 11.5 Å². The first kappa shape index (κ1) is 23.1. The first-order valence-electron chi connectivity index (χ1n) is 11.0. The van der Waals surface area contributed by atoms with Crippen LogP contribution in [0.25, 0.3) is 0 Å². The molecular weight excluding hydrogens is 451 g/mol. The van der Waals surface area contributed by atoms with Gasteiger partial charge < -0.3 is 9.80 Å². The molecular formula is C22H29FN4O3S2. The maximum absolute atomic E-state index is 14.5. The topological polar surface area (TPSA) is 83.5 Å². The van der Waals surface area contributed by atoms with Crippen molar-refractivity contribution in [2.75, 3.05) is 30.8 Å². The number of carbonyl (C=O) groups is 1. The SMILES string of the molecule is CC(C)c1nsc(N2CCC(N3CC[C@H](Cc4ccc(S(C)(=O)=O)cc4F)C3=O)CC2)n1. The molecule has 3 heterocycles. The highest BCUT2D eigenvalue weighted by Gasteiger charge is 2.37. The van der Waals surface area contributed by atoms with Crippen molar-refractivity contribution in [1.29, 1.82) is 0 Å². The van der Waals surface area contributed by atoms with Gasteiger partial charge in [-0.15, -0.1) is 0 Å². The van der Waals surface area contributed by atoms with Crippen molar-refractivity contribution < 1.29 is 17.6 Å². The molecule has 7 nitrogen and oxygen atoms in total. The predicted molar refractivity (Wildman–Crippen MR) is 122 cm³/mol. The number of hydrogen-bond acceptors (Lipinski definition) is 7. The fourth-order valence-electron chi connectivity index (χ4n) is 4.46. The Kier molecular flexibility index (Phi) is 6.53. The van der Waals surface area contributed by atoms with E-state index in [1.807, 2.05) is 4.90 Å². The zero-order chi connectivity index (χ0) is 23.0. The number of piperidine rings is 1. The lowest BCUT2D eigenvalue weighted by Crippen LogP contribution is -2.46. The zero-order valence-electron chi connectivity index (χ0n) is 18.6. The second-order valence-electron chi connectivity index (χ2n) is 9.05. The summed E-state index contributed by atoms with van der Waals surface area (Å²) in [5.41, 5.74) is 0.393. The van der Waals surface area contributed by atoms with Gasteiger partial charge in [0.25, 0.3) is 0 Å². The highest BCUT2D eigenvalue weighted by Crippen LogP contribution is 2.31. The number of halogens is 1. The van der Waals surface area contributed by atoms with Crippen LogP contribution in [0.15, 0.2) is 23.1 Å². The van der Waals surface area contributed by atoms with Crippen LogP contribution in [-0.4, -0.2) is 60.5 Å². The van der Waals surface area contributed by atoms with Gasteiger partial charge in [0.15, 0.2) is 9.84 Å². The molecule has 2 saturated heterocycles. The van der Waals surface area contributed by atoms with E-state index in [0.717, 1.165) is 49.2 Å². The van der Waals surface area contributed by atoms with E-state index in [0.29, 0.717) is 30.9 Å². The third kappa shape index (κ3) is 4.80. The van der Waals surface area contributed by atoms with E-state index in [1.54, 1.807) is 0 Å². The molecule has 2 aromatic rings. The minimum absolute atomic E-state index is 0.0409. The van der Waals surface area contributed by atoms with Gasteiger partial charge in [0.2, 0.25) is 11.0 Å². The molecule has 0 aliphatic carbocycles.